The van der Waals surface area contributed by atoms with Crippen LogP contribution >= 0.6 is 11.8 Å². The third-order valence-corrected chi connectivity index (χ3v) is 6.05. The normalized spacial score (nSPS) is 31.3. The molecule has 2 aliphatic carbocycles. The second-order valence-electron chi connectivity index (χ2n) is 6.27. The molecule has 0 bridgehead atoms. The van der Waals surface area contributed by atoms with Crippen LogP contribution in [0.4, 0.5) is 0 Å². The zero-order chi connectivity index (χ0) is 15.5. The number of hydrogen-bond acceptors (Lipinski definition) is 4. The van der Waals surface area contributed by atoms with Crippen molar-refractivity contribution < 1.29 is 4.79 Å². The van der Waals surface area contributed by atoms with E-state index in [0.717, 1.165) is 23.6 Å². The lowest BCUT2D eigenvalue weighted by atomic mass is 9.89. The van der Waals surface area contributed by atoms with Crippen molar-refractivity contribution in [1.29, 1.82) is 0 Å². The highest BCUT2D eigenvalue weighted by atomic mass is 32.2. The molecule has 0 radical (unpaired) electrons. The SMILES string of the molecule is CC1=CC=CC2C(=O)N=C(CSC3CCC(CN)CC3)N=C12. The Bertz CT molecular complexity index is 568. The Morgan fingerprint density at radius 2 is 2.05 bits per heavy atom. The molecule has 1 unspecified atom stereocenters. The van der Waals surface area contributed by atoms with Gasteiger partial charge < -0.3 is 5.73 Å². The largest absolute Gasteiger partial charge is 0.330 e. The predicted octanol–water partition coefficient (Wildman–Crippen LogP) is 2.75. The molecular weight excluding hydrogens is 294 g/mol. The first kappa shape index (κ1) is 15.7. The Morgan fingerprint density at radius 3 is 2.77 bits per heavy atom. The molecule has 0 aromatic carbocycles. The molecule has 1 atom stereocenters. The molecule has 1 aliphatic heterocycles. The summed E-state index contributed by atoms with van der Waals surface area (Å²) in [6, 6.07) is 0. The second-order valence-corrected chi connectivity index (χ2v) is 7.55. The lowest BCUT2D eigenvalue weighted by Crippen LogP contribution is -2.30. The third-order valence-electron chi connectivity index (χ3n) is 4.68. The molecule has 4 nitrogen and oxygen atoms in total. The Balaban J connectivity index is 1.59. The number of fused-ring (bicyclic) bond motifs is 1. The van der Waals surface area contributed by atoms with Gasteiger partial charge in [-0.05, 0) is 50.6 Å². The van der Waals surface area contributed by atoms with Gasteiger partial charge in [0.15, 0.2) is 0 Å². The van der Waals surface area contributed by atoms with Crippen LogP contribution in [-0.4, -0.2) is 35.0 Å². The summed E-state index contributed by atoms with van der Waals surface area (Å²) in [6.45, 7) is 2.82. The topological polar surface area (TPSA) is 67.8 Å². The number of rotatable bonds is 4. The standard InChI is InChI=1S/C17H23N3OS/c1-11-3-2-4-14-16(11)19-15(20-17(14)21)10-22-13-7-5-12(9-18)6-8-13/h2-4,12-14H,5-10,18H2,1H3. The molecule has 3 rings (SSSR count). The van der Waals surface area contributed by atoms with Crippen molar-refractivity contribution in [2.24, 2.45) is 27.6 Å². The Kier molecular flexibility index (Phi) is 4.93. The predicted molar refractivity (Wildman–Crippen MR) is 93.5 cm³/mol. The molecule has 0 saturated heterocycles. The number of nitrogens with two attached hydrogens (primary N) is 1. The van der Waals surface area contributed by atoms with Gasteiger partial charge in [-0.15, -0.1) is 0 Å². The van der Waals surface area contributed by atoms with E-state index >= 15 is 0 Å². The first-order valence-electron chi connectivity index (χ1n) is 8.04. The van der Waals surface area contributed by atoms with Gasteiger partial charge in [-0.2, -0.15) is 16.8 Å². The molecule has 1 fully saturated rings. The second kappa shape index (κ2) is 6.92. The van der Waals surface area contributed by atoms with Gasteiger partial charge in [-0.3, -0.25) is 4.79 Å². The van der Waals surface area contributed by atoms with Crippen LogP contribution < -0.4 is 5.73 Å². The molecule has 1 amide bonds. The lowest BCUT2D eigenvalue weighted by molar-refractivity contribution is -0.118. The Hall–Kier alpha value is -1.20. The molecule has 3 aliphatic rings. The quantitative estimate of drug-likeness (QED) is 0.867. The van der Waals surface area contributed by atoms with Crippen molar-refractivity contribution in [2.45, 2.75) is 37.9 Å². The summed E-state index contributed by atoms with van der Waals surface area (Å²) in [4.78, 5) is 21.0. The summed E-state index contributed by atoms with van der Waals surface area (Å²) in [5.41, 5.74) is 7.69. The third kappa shape index (κ3) is 3.41. The van der Waals surface area contributed by atoms with E-state index in [0.29, 0.717) is 17.0 Å². The summed E-state index contributed by atoms with van der Waals surface area (Å²) in [7, 11) is 0. The van der Waals surface area contributed by atoms with Crippen LogP contribution in [-0.2, 0) is 4.79 Å². The number of allylic oxidation sites excluding steroid dienone is 3. The number of carbonyl (C=O) groups is 1. The van der Waals surface area contributed by atoms with Gasteiger partial charge in [0.05, 0.1) is 11.5 Å². The van der Waals surface area contributed by atoms with Crippen LogP contribution in [0.25, 0.3) is 0 Å². The molecule has 118 valence electrons. The molecule has 0 aromatic heterocycles. The maximum Gasteiger partial charge on any atom is 0.260 e. The van der Waals surface area contributed by atoms with Crippen LogP contribution in [0.3, 0.4) is 0 Å². The van der Waals surface area contributed by atoms with Crippen molar-refractivity contribution in [3.8, 4) is 0 Å². The molecule has 0 aromatic rings. The van der Waals surface area contributed by atoms with E-state index in [1.165, 1.54) is 25.7 Å². The van der Waals surface area contributed by atoms with E-state index in [4.69, 9.17) is 5.73 Å². The van der Waals surface area contributed by atoms with E-state index in [9.17, 15) is 4.79 Å². The monoisotopic (exact) mass is 317 g/mol. The highest BCUT2D eigenvalue weighted by molar-refractivity contribution is 8.00. The summed E-state index contributed by atoms with van der Waals surface area (Å²) in [5.74, 6) is 1.78. The summed E-state index contributed by atoms with van der Waals surface area (Å²) in [6.07, 6.45) is 10.7. The first-order valence-corrected chi connectivity index (χ1v) is 9.09. The Labute approximate surface area is 136 Å². The number of amidine groups is 1. The minimum Gasteiger partial charge on any atom is -0.330 e. The fourth-order valence-electron chi connectivity index (χ4n) is 3.24. The van der Waals surface area contributed by atoms with Gasteiger partial charge >= 0.3 is 0 Å². The van der Waals surface area contributed by atoms with E-state index < -0.39 is 0 Å². The van der Waals surface area contributed by atoms with E-state index in [-0.39, 0.29) is 11.8 Å². The fourth-order valence-corrected chi connectivity index (χ4v) is 4.36. The van der Waals surface area contributed by atoms with Gasteiger partial charge in [0, 0.05) is 5.25 Å². The number of aliphatic imine (C=N–C) groups is 2. The van der Waals surface area contributed by atoms with Crippen LogP contribution in [0, 0.1) is 11.8 Å². The average Bonchev–Trinajstić information content (AvgIpc) is 2.54. The van der Waals surface area contributed by atoms with Crippen LogP contribution in [0.15, 0.2) is 33.8 Å². The molecular formula is C17H23N3OS. The van der Waals surface area contributed by atoms with Gasteiger partial charge in [0.25, 0.3) is 5.91 Å². The van der Waals surface area contributed by atoms with E-state index in [2.05, 4.69) is 9.98 Å². The van der Waals surface area contributed by atoms with E-state index in [1.807, 2.05) is 36.9 Å². The zero-order valence-corrected chi connectivity index (χ0v) is 13.8. The average molecular weight is 317 g/mol. The summed E-state index contributed by atoms with van der Waals surface area (Å²) in [5, 5.41) is 0.654. The van der Waals surface area contributed by atoms with Crippen molar-refractivity contribution >= 4 is 29.2 Å². The first-order chi connectivity index (χ1) is 10.7. The summed E-state index contributed by atoms with van der Waals surface area (Å²) < 4.78 is 0. The van der Waals surface area contributed by atoms with Gasteiger partial charge in [0.1, 0.15) is 11.8 Å². The van der Waals surface area contributed by atoms with Gasteiger partial charge in [-0.25, -0.2) is 4.99 Å². The number of hydrogen-bond donors (Lipinski definition) is 1. The van der Waals surface area contributed by atoms with Gasteiger partial charge in [0.2, 0.25) is 0 Å². The molecule has 5 heteroatoms. The van der Waals surface area contributed by atoms with Crippen LogP contribution in [0.1, 0.15) is 32.6 Å². The summed E-state index contributed by atoms with van der Waals surface area (Å²) >= 11 is 1.89. The highest BCUT2D eigenvalue weighted by Gasteiger charge is 2.29. The Morgan fingerprint density at radius 1 is 1.27 bits per heavy atom. The van der Waals surface area contributed by atoms with Crippen molar-refractivity contribution in [2.75, 3.05) is 12.3 Å². The fraction of sp³-hybridized carbons (Fsp3) is 0.588. The molecule has 2 N–H and O–H groups in total. The lowest BCUT2D eigenvalue weighted by Gasteiger charge is -2.27. The van der Waals surface area contributed by atoms with Crippen molar-refractivity contribution in [3.05, 3.63) is 23.8 Å². The zero-order valence-electron chi connectivity index (χ0n) is 13.0. The van der Waals surface area contributed by atoms with Gasteiger partial charge in [-0.1, -0.05) is 18.2 Å². The molecule has 22 heavy (non-hydrogen) atoms. The minimum atomic E-state index is -0.265. The maximum atomic E-state index is 12.1. The maximum absolute atomic E-state index is 12.1. The molecule has 1 saturated carbocycles. The number of amides is 1. The minimum absolute atomic E-state index is 0.0730. The highest BCUT2D eigenvalue weighted by Crippen LogP contribution is 2.32. The number of carbonyl (C=O) groups excluding carboxylic acids is 1. The molecule has 0 spiro atoms. The number of nitrogens with zero attached hydrogens (tertiary/aromatic N) is 2. The smallest absolute Gasteiger partial charge is 0.260 e. The van der Waals surface area contributed by atoms with Crippen molar-refractivity contribution in [1.82, 2.24) is 0 Å². The van der Waals surface area contributed by atoms with Crippen LogP contribution in [0.5, 0.6) is 0 Å². The number of thioether (sulfide) groups is 1. The van der Waals surface area contributed by atoms with E-state index in [1.54, 1.807) is 0 Å². The van der Waals surface area contributed by atoms with Crippen LogP contribution in [0.2, 0.25) is 0 Å². The molecule has 1 heterocycles. The van der Waals surface area contributed by atoms with Crippen molar-refractivity contribution in [3.63, 3.8) is 0 Å².